The van der Waals surface area contributed by atoms with Crippen molar-refractivity contribution in [1.82, 2.24) is 9.97 Å². The van der Waals surface area contributed by atoms with Gasteiger partial charge in [0.2, 0.25) is 5.95 Å². The SMILES string of the molecule is OC1CCC(Nc2nccc(Cl)n2)CC1. The smallest absolute Gasteiger partial charge is 0.224 e. The van der Waals surface area contributed by atoms with E-state index in [1.807, 2.05) is 0 Å². The highest BCUT2D eigenvalue weighted by Gasteiger charge is 2.19. The van der Waals surface area contributed by atoms with Crippen molar-refractivity contribution in [3.05, 3.63) is 17.4 Å². The third-order valence-corrected chi connectivity index (χ3v) is 2.86. The molecule has 0 unspecified atom stereocenters. The van der Waals surface area contributed by atoms with Gasteiger partial charge in [-0.15, -0.1) is 0 Å². The minimum atomic E-state index is -0.136. The topological polar surface area (TPSA) is 58.0 Å². The van der Waals surface area contributed by atoms with E-state index in [1.54, 1.807) is 12.3 Å². The van der Waals surface area contributed by atoms with Crippen molar-refractivity contribution in [2.75, 3.05) is 5.32 Å². The quantitative estimate of drug-likeness (QED) is 0.757. The molecule has 0 saturated heterocycles. The fourth-order valence-corrected chi connectivity index (χ4v) is 1.95. The second-order valence-electron chi connectivity index (χ2n) is 3.85. The van der Waals surface area contributed by atoms with Gasteiger partial charge in [0.05, 0.1) is 6.10 Å². The fourth-order valence-electron chi connectivity index (χ4n) is 1.81. The summed E-state index contributed by atoms with van der Waals surface area (Å²) in [7, 11) is 0. The van der Waals surface area contributed by atoms with Gasteiger partial charge in [-0.1, -0.05) is 11.6 Å². The van der Waals surface area contributed by atoms with Crippen LogP contribution in [0.3, 0.4) is 0 Å². The lowest BCUT2D eigenvalue weighted by molar-refractivity contribution is 0.126. The second-order valence-corrected chi connectivity index (χ2v) is 4.24. The van der Waals surface area contributed by atoms with E-state index in [4.69, 9.17) is 11.6 Å². The average Bonchev–Trinajstić information content (AvgIpc) is 2.22. The van der Waals surface area contributed by atoms with E-state index in [9.17, 15) is 5.11 Å². The molecule has 2 rings (SSSR count). The number of rotatable bonds is 2. The molecule has 1 aliphatic rings. The molecule has 1 fully saturated rings. The molecule has 0 aromatic carbocycles. The first-order valence-corrected chi connectivity index (χ1v) is 5.55. The van der Waals surface area contributed by atoms with Crippen LogP contribution in [0, 0.1) is 0 Å². The molecule has 1 aromatic rings. The molecule has 0 radical (unpaired) electrons. The molecule has 0 atom stereocenters. The molecule has 1 saturated carbocycles. The van der Waals surface area contributed by atoms with Gasteiger partial charge in [0, 0.05) is 12.2 Å². The van der Waals surface area contributed by atoms with Gasteiger partial charge in [-0.2, -0.15) is 0 Å². The summed E-state index contributed by atoms with van der Waals surface area (Å²) < 4.78 is 0. The van der Waals surface area contributed by atoms with Crippen LogP contribution in [0.1, 0.15) is 25.7 Å². The molecule has 1 heterocycles. The van der Waals surface area contributed by atoms with Crippen molar-refractivity contribution in [3.63, 3.8) is 0 Å². The molecule has 0 aliphatic heterocycles. The number of aliphatic hydroxyl groups is 1. The lowest BCUT2D eigenvalue weighted by Gasteiger charge is -2.26. The zero-order chi connectivity index (χ0) is 10.7. The number of nitrogens with one attached hydrogen (secondary N) is 1. The van der Waals surface area contributed by atoms with Gasteiger partial charge in [0.1, 0.15) is 5.15 Å². The molecule has 1 aliphatic carbocycles. The number of anilines is 1. The molecule has 0 amide bonds. The molecule has 15 heavy (non-hydrogen) atoms. The van der Waals surface area contributed by atoms with E-state index in [1.165, 1.54) is 0 Å². The van der Waals surface area contributed by atoms with E-state index >= 15 is 0 Å². The molecule has 2 N–H and O–H groups in total. The Morgan fingerprint density at radius 1 is 1.33 bits per heavy atom. The summed E-state index contributed by atoms with van der Waals surface area (Å²) in [5.41, 5.74) is 0. The van der Waals surface area contributed by atoms with Gasteiger partial charge in [-0.25, -0.2) is 9.97 Å². The van der Waals surface area contributed by atoms with Crippen molar-refractivity contribution in [2.45, 2.75) is 37.8 Å². The van der Waals surface area contributed by atoms with E-state index in [0.717, 1.165) is 25.7 Å². The summed E-state index contributed by atoms with van der Waals surface area (Å²) in [5, 5.41) is 13.0. The lowest BCUT2D eigenvalue weighted by Crippen LogP contribution is -2.28. The van der Waals surface area contributed by atoms with Gasteiger partial charge in [0.25, 0.3) is 0 Å². The third kappa shape index (κ3) is 3.04. The number of nitrogens with zero attached hydrogens (tertiary/aromatic N) is 2. The van der Waals surface area contributed by atoms with Crippen molar-refractivity contribution < 1.29 is 5.11 Å². The van der Waals surface area contributed by atoms with Gasteiger partial charge >= 0.3 is 0 Å². The Morgan fingerprint density at radius 3 is 2.73 bits per heavy atom. The van der Waals surface area contributed by atoms with Crippen molar-refractivity contribution in [3.8, 4) is 0 Å². The van der Waals surface area contributed by atoms with Crippen molar-refractivity contribution in [1.29, 1.82) is 0 Å². The first-order valence-electron chi connectivity index (χ1n) is 5.17. The maximum Gasteiger partial charge on any atom is 0.224 e. The standard InChI is InChI=1S/C10H14ClN3O/c11-9-5-6-12-10(14-9)13-7-1-3-8(15)4-2-7/h5-8,15H,1-4H2,(H,12,13,14). The number of aliphatic hydroxyl groups excluding tert-OH is 1. The predicted octanol–water partition coefficient (Wildman–Crippen LogP) is 1.85. The van der Waals surface area contributed by atoms with Crippen molar-refractivity contribution >= 4 is 17.5 Å². The number of hydrogen-bond donors (Lipinski definition) is 2. The number of hydrogen-bond acceptors (Lipinski definition) is 4. The summed E-state index contributed by atoms with van der Waals surface area (Å²) in [6, 6.07) is 2.00. The minimum Gasteiger partial charge on any atom is -0.393 e. The highest BCUT2D eigenvalue weighted by Crippen LogP contribution is 2.21. The monoisotopic (exact) mass is 227 g/mol. The summed E-state index contributed by atoms with van der Waals surface area (Å²) in [5.74, 6) is 0.573. The maximum atomic E-state index is 9.36. The average molecular weight is 228 g/mol. The summed E-state index contributed by atoms with van der Waals surface area (Å²) in [4.78, 5) is 8.15. The Hall–Kier alpha value is -0.870. The normalized spacial score (nSPS) is 26.3. The summed E-state index contributed by atoms with van der Waals surface area (Å²) in [6.45, 7) is 0. The second kappa shape index (κ2) is 4.77. The van der Waals surface area contributed by atoms with E-state index < -0.39 is 0 Å². The van der Waals surface area contributed by atoms with Crippen LogP contribution < -0.4 is 5.32 Å². The zero-order valence-electron chi connectivity index (χ0n) is 8.36. The first kappa shape index (κ1) is 10.6. The van der Waals surface area contributed by atoms with Crippen LogP contribution in [-0.4, -0.2) is 27.2 Å². The van der Waals surface area contributed by atoms with E-state index in [0.29, 0.717) is 17.1 Å². The van der Waals surface area contributed by atoms with E-state index in [2.05, 4.69) is 15.3 Å². The Bertz CT molecular complexity index is 326. The summed E-state index contributed by atoms with van der Waals surface area (Å²) in [6.07, 6.45) is 5.10. The van der Waals surface area contributed by atoms with Gasteiger partial charge < -0.3 is 10.4 Å². The van der Waals surface area contributed by atoms with Crippen LogP contribution in [0.5, 0.6) is 0 Å². The molecule has 0 bridgehead atoms. The molecule has 4 nitrogen and oxygen atoms in total. The van der Waals surface area contributed by atoms with Gasteiger partial charge in [-0.3, -0.25) is 0 Å². The summed E-state index contributed by atoms with van der Waals surface area (Å²) >= 11 is 5.75. The van der Waals surface area contributed by atoms with Crippen LogP contribution in [0.25, 0.3) is 0 Å². The molecular formula is C10H14ClN3O. The Labute approximate surface area is 93.7 Å². The number of halogens is 1. The highest BCUT2D eigenvalue weighted by atomic mass is 35.5. The molecule has 1 aromatic heterocycles. The van der Waals surface area contributed by atoms with Crippen LogP contribution in [-0.2, 0) is 0 Å². The molecule has 82 valence electrons. The third-order valence-electron chi connectivity index (χ3n) is 2.65. The number of aromatic nitrogens is 2. The molecular weight excluding hydrogens is 214 g/mol. The van der Waals surface area contributed by atoms with Gasteiger partial charge in [0.15, 0.2) is 0 Å². The first-order chi connectivity index (χ1) is 7.24. The Balaban J connectivity index is 1.92. The maximum absolute atomic E-state index is 9.36. The van der Waals surface area contributed by atoms with Gasteiger partial charge in [-0.05, 0) is 31.7 Å². The molecule has 5 heteroatoms. The van der Waals surface area contributed by atoms with Crippen molar-refractivity contribution in [2.24, 2.45) is 0 Å². The largest absolute Gasteiger partial charge is 0.393 e. The lowest BCUT2D eigenvalue weighted by atomic mass is 9.93. The van der Waals surface area contributed by atoms with Crippen LogP contribution in [0.4, 0.5) is 5.95 Å². The molecule has 0 spiro atoms. The van der Waals surface area contributed by atoms with Crippen LogP contribution in [0.15, 0.2) is 12.3 Å². The van der Waals surface area contributed by atoms with Crippen LogP contribution in [0.2, 0.25) is 5.15 Å². The highest BCUT2D eigenvalue weighted by molar-refractivity contribution is 6.29. The fraction of sp³-hybridized carbons (Fsp3) is 0.600. The zero-order valence-corrected chi connectivity index (χ0v) is 9.11. The minimum absolute atomic E-state index is 0.136. The van der Waals surface area contributed by atoms with Crippen LogP contribution >= 0.6 is 11.6 Å². The Kier molecular flexibility index (Phi) is 3.38. The predicted molar refractivity (Wildman–Crippen MR) is 58.9 cm³/mol. The Morgan fingerprint density at radius 2 is 2.07 bits per heavy atom. The van der Waals surface area contributed by atoms with E-state index in [-0.39, 0.29) is 6.10 Å².